The van der Waals surface area contributed by atoms with Gasteiger partial charge in [0.2, 0.25) is 10.0 Å². The van der Waals surface area contributed by atoms with Gasteiger partial charge in [-0.2, -0.15) is 4.31 Å². The minimum absolute atomic E-state index is 0.156. The van der Waals surface area contributed by atoms with E-state index in [0.29, 0.717) is 42.6 Å². The number of halogens is 1. The third-order valence-electron chi connectivity index (χ3n) is 5.74. The van der Waals surface area contributed by atoms with Gasteiger partial charge in [-0.05, 0) is 48.5 Å². The van der Waals surface area contributed by atoms with Crippen LogP contribution in [0.25, 0.3) is 21.8 Å². The lowest BCUT2D eigenvalue weighted by Gasteiger charge is -2.26. The Hall–Kier alpha value is -3.08. The van der Waals surface area contributed by atoms with Crippen molar-refractivity contribution in [3.8, 4) is 21.8 Å². The van der Waals surface area contributed by atoms with Crippen molar-refractivity contribution in [2.45, 2.75) is 4.90 Å². The van der Waals surface area contributed by atoms with Crippen molar-refractivity contribution in [3.05, 3.63) is 88.8 Å². The minimum atomic E-state index is -3.61. The molecule has 0 aliphatic carbocycles. The Kier molecular flexibility index (Phi) is 7.17. The van der Waals surface area contributed by atoms with Crippen molar-refractivity contribution in [2.75, 3.05) is 31.6 Å². The third-order valence-corrected chi connectivity index (χ3v) is 8.79. The van der Waals surface area contributed by atoms with Crippen molar-refractivity contribution in [3.63, 3.8) is 0 Å². The second-order valence-corrected chi connectivity index (χ2v) is 11.4. The number of amides is 1. The van der Waals surface area contributed by atoms with E-state index in [0.717, 1.165) is 21.8 Å². The Morgan fingerprint density at radius 3 is 2.42 bits per heavy atom. The van der Waals surface area contributed by atoms with Crippen LogP contribution in [0.4, 0.5) is 5.69 Å². The molecule has 1 N–H and O–H groups in total. The van der Waals surface area contributed by atoms with Crippen LogP contribution in [0.1, 0.15) is 10.4 Å². The predicted molar refractivity (Wildman–Crippen MR) is 142 cm³/mol. The number of thiazole rings is 1. The summed E-state index contributed by atoms with van der Waals surface area (Å²) < 4.78 is 32.2. The number of carbonyl (C=O) groups excluding carboxylic acids is 1. The monoisotopic (exact) mass is 539 g/mol. The number of morpholine rings is 1. The van der Waals surface area contributed by atoms with Gasteiger partial charge in [0.25, 0.3) is 5.91 Å². The average Bonchev–Trinajstić information content (AvgIpc) is 3.40. The first kappa shape index (κ1) is 24.6. The van der Waals surface area contributed by atoms with Crippen LogP contribution in [-0.2, 0) is 14.8 Å². The largest absolute Gasteiger partial charge is 0.379 e. The highest BCUT2D eigenvalue weighted by molar-refractivity contribution is 7.89. The number of hydrogen-bond acceptors (Lipinski definition) is 6. The van der Waals surface area contributed by atoms with E-state index in [1.165, 1.54) is 39.9 Å². The fourth-order valence-corrected chi connectivity index (χ4v) is 6.17. The van der Waals surface area contributed by atoms with Gasteiger partial charge in [-0.25, -0.2) is 13.4 Å². The molecule has 3 aromatic carbocycles. The zero-order valence-corrected chi connectivity index (χ0v) is 21.4. The quantitative estimate of drug-likeness (QED) is 0.354. The fraction of sp³-hybridized carbons (Fsp3) is 0.154. The molecule has 0 unspecified atom stereocenters. The lowest BCUT2D eigenvalue weighted by atomic mass is 10.1. The summed E-state index contributed by atoms with van der Waals surface area (Å²) in [6.07, 6.45) is 0. The maximum Gasteiger partial charge on any atom is 0.255 e. The summed E-state index contributed by atoms with van der Waals surface area (Å²) in [6.45, 7) is 1.40. The number of aromatic nitrogens is 1. The lowest BCUT2D eigenvalue weighted by molar-refractivity contribution is 0.0730. The molecule has 0 radical (unpaired) electrons. The van der Waals surface area contributed by atoms with Crippen molar-refractivity contribution in [1.29, 1.82) is 0 Å². The summed E-state index contributed by atoms with van der Waals surface area (Å²) in [7, 11) is -3.61. The first-order chi connectivity index (χ1) is 17.4. The first-order valence-corrected chi connectivity index (χ1v) is 13.9. The number of benzene rings is 3. The Morgan fingerprint density at radius 1 is 0.972 bits per heavy atom. The number of carbonyl (C=O) groups is 1. The van der Waals surface area contributed by atoms with Gasteiger partial charge in [-0.1, -0.05) is 35.9 Å². The predicted octanol–water partition coefficient (Wildman–Crippen LogP) is 5.40. The lowest BCUT2D eigenvalue weighted by Crippen LogP contribution is -2.40. The molecule has 0 bridgehead atoms. The number of anilines is 1. The topological polar surface area (TPSA) is 88.6 Å². The number of nitrogens with zero attached hydrogens (tertiary/aromatic N) is 2. The summed E-state index contributed by atoms with van der Waals surface area (Å²) in [5, 5.41) is 6.40. The second kappa shape index (κ2) is 10.5. The maximum atomic E-state index is 12.8. The maximum absolute atomic E-state index is 12.8. The Bertz CT molecular complexity index is 1480. The van der Waals surface area contributed by atoms with Gasteiger partial charge in [-0.15, -0.1) is 11.3 Å². The molecule has 184 valence electrons. The number of sulfonamides is 1. The van der Waals surface area contributed by atoms with Crippen LogP contribution in [0.3, 0.4) is 0 Å². The number of ether oxygens (including phenoxy) is 1. The van der Waals surface area contributed by atoms with Crippen molar-refractivity contribution < 1.29 is 17.9 Å². The number of hydrogen-bond donors (Lipinski definition) is 1. The van der Waals surface area contributed by atoms with Crippen LogP contribution in [-0.4, -0.2) is 49.9 Å². The van der Waals surface area contributed by atoms with E-state index >= 15 is 0 Å². The van der Waals surface area contributed by atoms with Gasteiger partial charge in [0.05, 0.1) is 23.8 Å². The van der Waals surface area contributed by atoms with Crippen LogP contribution in [0, 0.1) is 0 Å². The average molecular weight is 540 g/mol. The van der Waals surface area contributed by atoms with Crippen LogP contribution in [0.5, 0.6) is 0 Å². The van der Waals surface area contributed by atoms with E-state index in [9.17, 15) is 13.2 Å². The normalized spacial score (nSPS) is 14.5. The van der Waals surface area contributed by atoms with Crippen molar-refractivity contribution >= 4 is 44.6 Å². The molecule has 2 heterocycles. The van der Waals surface area contributed by atoms with Crippen molar-refractivity contribution in [2.24, 2.45) is 0 Å². The molecule has 1 saturated heterocycles. The summed E-state index contributed by atoms with van der Waals surface area (Å²) in [5.74, 6) is -0.331. The van der Waals surface area contributed by atoms with Crippen LogP contribution >= 0.6 is 22.9 Å². The van der Waals surface area contributed by atoms with E-state index in [4.69, 9.17) is 21.3 Å². The van der Waals surface area contributed by atoms with E-state index < -0.39 is 10.0 Å². The highest BCUT2D eigenvalue weighted by Gasteiger charge is 2.26. The van der Waals surface area contributed by atoms with Gasteiger partial charge in [-0.3, -0.25) is 4.79 Å². The summed E-state index contributed by atoms with van der Waals surface area (Å²) in [5.41, 5.74) is 3.64. The summed E-state index contributed by atoms with van der Waals surface area (Å²) in [4.78, 5) is 17.7. The Balaban J connectivity index is 1.29. The molecule has 0 atom stereocenters. The highest BCUT2D eigenvalue weighted by Crippen LogP contribution is 2.30. The molecule has 1 amide bonds. The van der Waals surface area contributed by atoms with Gasteiger partial charge in [0.1, 0.15) is 5.01 Å². The molecule has 10 heteroatoms. The standard InChI is InChI=1S/C26H22ClN3O4S2/c27-21-8-4-19(5-9-21)26-29-24(17-35-26)20-2-1-3-22(16-20)28-25(31)18-6-10-23(11-7-18)36(32,33)30-12-14-34-15-13-30/h1-11,16-17H,12-15H2,(H,28,31). The highest BCUT2D eigenvalue weighted by atomic mass is 35.5. The van der Waals surface area contributed by atoms with E-state index in [-0.39, 0.29) is 10.8 Å². The van der Waals surface area contributed by atoms with E-state index in [1.807, 2.05) is 47.8 Å². The van der Waals surface area contributed by atoms with Crippen molar-refractivity contribution in [1.82, 2.24) is 9.29 Å². The zero-order valence-electron chi connectivity index (χ0n) is 19.1. The molecule has 0 saturated carbocycles. The molecule has 4 aromatic rings. The van der Waals surface area contributed by atoms with Gasteiger partial charge in [0, 0.05) is 45.9 Å². The first-order valence-electron chi connectivity index (χ1n) is 11.2. The van der Waals surface area contributed by atoms with Gasteiger partial charge in [0.15, 0.2) is 0 Å². The van der Waals surface area contributed by atoms with Crippen LogP contribution in [0.15, 0.2) is 83.1 Å². The molecule has 1 aliphatic heterocycles. The number of rotatable bonds is 6. The van der Waals surface area contributed by atoms with E-state index in [2.05, 4.69) is 5.32 Å². The molecular formula is C26H22ClN3O4S2. The molecule has 1 fully saturated rings. The zero-order chi connectivity index (χ0) is 25.1. The minimum Gasteiger partial charge on any atom is -0.379 e. The van der Waals surface area contributed by atoms with Gasteiger partial charge >= 0.3 is 0 Å². The molecule has 1 aliphatic rings. The fourth-order valence-electron chi connectivity index (χ4n) is 3.81. The molecule has 5 rings (SSSR count). The van der Waals surface area contributed by atoms with E-state index in [1.54, 1.807) is 6.07 Å². The van der Waals surface area contributed by atoms with Gasteiger partial charge < -0.3 is 10.1 Å². The van der Waals surface area contributed by atoms with Crippen LogP contribution < -0.4 is 5.32 Å². The molecule has 7 nitrogen and oxygen atoms in total. The summed E-state index contributed by atoms with van der Waals surface area (Å²) >= 11 is 7.51. The Labute approximate surface area is 218 Å². The SMILES string of the molecule is O=C(Nc1cccc(-c2csc(-c3ccc(Cl)cc3)n2)c1)c1ccc(S(=O)(=O)N2CCOCC2)cc1. The smallest absolute Gasteiger partial charge is 0.255 e. The summed E-state index contributed by atoms with van der Waals surface area (Å²) in [6, 6.07) is 20.9. The Morgan fingerprint density at radius 2 is 1.69 bits per heavy atom. The molecular weight excluding hydrogens is 518 g/mol. The molecule has 0 spiro atoms. The third kappa shape index (κ3) is 5.35. The second-order valence-electron chi connectivity index (χ2n) is 8.12. The number of nitrogens with one attached hydrogen (secondary N) is 1. The molecule has 1 aromatic heterocycles. The molecule has 36 heavy (non-hydrogen) atoms. The van der Waals surface area contributed by atoms with Crippen LogP contribution in [0.2, 0.25) is 5.02 Å².